The molecule has 4 rings (SSSR count). The van der Waals surface area contributed by atoms with Crippen LogP contribution in [0.25, 0.3) is 0 Å². The van der Waals surface area contributed by atoms with Gasteiger partial charge in [-0.15, -0.1) is 0 Å². The zero-order valence-electron chi connectivity index (χ0n) is 16.6. The van der Waals surface area contributed by atoms with Crippen molar-refractivity contribution in [2.24, 2.45) is 34.0 Å². The van der Waals surface area contributed by atoms with Gasteiger partial charge in [-0.05, 0) is 85.4 Å². The number of fused-ring (bicyclic) bond motifs is 4. The van der Waals surface area contributed by atoms with Crippen LogP contribution in [0.5, 0.6) is 0 Å². The number of aliphatic hydroxyl groups is 2. The minimum atomic E-state index is -0.252. The van der Waals surface area contributed by atoms with Crippen LogP contribution in [0.15, 0.2) is 0 Å². The molecule has 2 N–H and O–H groups in total. The van der Waals surface area contributed by atoms with Gasteiger partial charge >= 0.3 is 0 Å². The van der Waals surface area contributed by atoms with Crippen LogP contribution in [0.2, 0.25) is 0 Å². The maximum Gasteiger partial charge on any atom is 0.0597 e. The molecular weight excluding hydrogens is 296 g/mol. The first-order valence-electron chi connectivity index (χ1n) is 10.6. The standard InChI is InChI=1S/C22H40O2/c1-6-21(5,15(2)3)22-11-10-19(24)20(4,13-18(23)14-22)16-8-7-9-17(22)12-16/h15-19,23-24H,6-14H2,1-5H3. The van der Waals surface area contributed by atoms with Crippen molar-refractivity contribution in [3.8, 4) is 0 Å². The van der Waals surface area contributed by atoms with Crippen LogP contribution in [-0.2, 0) is 0 Å². The summed E-state index contributed by atoms with van der Waals surface area (Å²) in [7, 11) is 0. The number of hydrogen-bond acceptors (Lipinski definition) is 2. The van der Waals surface area contributed by atoms with Crippen LogP contribution in [0.3, 0.4) is 0 Å². The second kappa shape index (κ2) is 6.27. The van der Waals surface area contributed by atoms with Gasteiger partial charge in [0.15, 0.2) is 0 Å². The SMILES string of the molecule is CCC(C)(C(C)C)C12CCC(O)C(C)(CC(O)C1)C1CCCC2C1. The van der Waals surface area contributed by atoms with Gasteiger partial charge in [-0.2, -0.15) is 0 Å². The Morgan fingerprint density at radius 3 is 2.38 bits per heavy atom. The number of aliphatic hydroxyl groups excluding tert-OH is 2. The van der Waals surface area contributed by atoms with Crippen molar-refractivity contribution < 1.29 is 10.2 Å². The lowest BCUT2D eigenvalue weighted by atomic mass is 9.42. The maximum atomic E-state index is 11.1. The third-order valence-corrected chi connectivity index (χ3v) is 9.43. The molecule has 7 unspecified atom stereocenters. The smallest absolute Gasteiger partial charge is 0.0597 e. The van der Waals surface area contributed by atoms with E-state index in [0.717, 1.165) is 31.6 Å². The molecule has 4 aliphatic rings. The minimum absolute atomic E-state index is 0.0783. The Kier molecular flexibility index (Phi) is 4.88. The Labute approximate surface area is 149 Å². The third-order valence-electron chi connectivity index (χ3n) is 9.43. The molecule has 24 heavy (non-hydrogen) atoms. The summed E-state index contributed by atoms with van der Waals surface area (Å²) in [6.07, 6.45) is 9.62. The van der Waals surface area contributed by atoms with Crippen LogP contribution in [0.1, 0.15) is 92.4 Å². The molecule has 0 heterocycles. The van der Waals surface area contributed by atoms with Crippen molar-refractivity contribution in [3.05, 3.63) is 0 Å². The second-order valence-electron chi connectivity index (χ2n) is 10.3. The zero-order valence-corrected chi connectivity index (χ0v) is 16.6. The van der Waals surface area contributed by atoms with Crippen LogP contribution in [0, 0.1) is 34.0 Å². The average Bonchev–Trinajstić information content (AvgIpc) is 2.55. The molecule has 0 aromatic carbocycles. The molecule has 2 nitrogen and oxygen atoms in total. The predicted octanol–water partition coefficient (Wildman–Crippen LogP) is 5.17. The normalized spacial score (nSPS) is 48.5. The first kappa shape index (κ1) is 18.7. The Balaban J connectivity index is 2.13. The van der Waals surface area contributed by atoms with Gasteiger partial charge in [0, 0.05) is 0 Å². The molecule has 4 saturated carbocycles. The highest BCUT2D eigenvalue weighted by atomic mass is 16.3. The Morgan fingerprint density at radius 1 is 1.08 bits per heavy atom. The first-order valence-corrected chi connectivity index (χ1v) is 10.6. The van der Waals surface area contributed by atoms with Crippen LogP contribution >= 0.6 is 0 Å². The fourth-order valence-corrected chi connectivity index (χ4v) is 7.38. The predicted molar refractivity (Wildman–Crippen MR) is 99.7 cm³/mol. The van der Waals surface area contributed by atoms with Gasteiger partial charge in [-0.3, -0.25) is 0 Å². The van der Waals surface area contributed by atoms with E-state index in [1.165, 1.54) is 32.1 Å². The summed E-state index contributed by atoms with van der Waals surface area (Å²) in [6.45, 7) is 11.9. The van der Waals surface area contributed by atoms with Gasteiger partial charge in [0.05, 0.1) is 12.2 Å². The summed E-state index contributed by atoms with van der Waals surface area (Å²) >= 11 is 0. The fraction of sp³-hybridized carbons (Fsp3) is 1.00. The second-order valence-corrected chi connectivity index (χ2v) is 10.3. The van der Waals surface area contributed by atoms with Crippen molar-refractivity contribution in [2.45, 2.75) is 105 Å². The minimum Gasteiger partial charge on any atom is -0.393 e. The van der Waals surface area contributed by atoms with E-state index in [9.17, 15) is 10.2 Å². The van der Waals surface area contributed by atoms with Crippen molar-refractivity contribution >= 4 is 0 Å². The largest absolute Gasteiger partial charge is 0.393 e. The lowest BCUT2D eigenvalue weighted by Crippen LogP contribution is -2.58. The van der Waals surface area contributed by atoms with E-state index in [4.69, 9.17) is 0 Å². The molecular formula is C22H40O2. The average molecular weight is 337 g/mol. The van der Waals surface area contributed by atoms with Crippen molar-refractivity contribution in [1.29, 1.82) is 0 Å². The van der Waals surface area contributed by atoms with Crippen LogP contribution in [-0.4, -0.2) is 22.4 Å². The van der Waals surface area contributed by atoms with E-state index >= 15 is 0 Å². The molecule has 0 aromatic rings. The van der Waals surface area contributed by atoms with Gasteiger partial charge in [0.1, 0.15) is 0 Å². The van der Waals surface area contributed by atoms with Gasteiger partial charge in [0.25, 0.3) is 0 Å². The Morgan fingerprint density at radius 2 is 1.75 bits per heavy atom. The highest BCUT2D eigenvalue weighted by Crippen LogP contribution is 2.66. The molecule has 0 saturated heterocycles. The third kappa shape index (κ3) is 2.50. The molecule has 0 spiro atoms. The monoisotopic (exact) mass is 336 g/mol. The molecule has 4 aliphatic carbocycles. The summed E-state index contributed by atoms with van der Waals surface area (Å²) in [5, 5.41) is 22.1. The molecule has 7 atom stereocenters. The summed E-state index contributed by atoms with van der Waals surface area (Å²) in [6, 6.07) is 0. The molecule has 4 bridgehead atoms. The van der Waals surface area contributed by atoms with E-state index in [1.54, 1.807) is 0 Å². The van der Waals surface area contributed by atoms with E-state index in [2.05, 4.69) is 34.6 Å². The van der Waals surface area contributed by atoms with Crippen molar-refractivity contribution in [2.75, 3.05) is 0 Å². The lowest BCUT2D eigenvalue weighted by Gasteiger charge is -2.63. The molecule has 0 amide bonds. The van der Waals surface area contributed by atoms with E-state index in [-0.39, 0.29) is 28.5 Å². The molecule has 0 radical (unpaired) electrons. The van der Waals surface area contributed by atoms with Crippen molar-refractivity contribution in [3.63, 3.8) is 0 Å². The summed E-state index contributed by atoms with van der Waals surface area (Å²) < 4.78 is 0. The maximum absolute atomic E-state index is 11.1. The Bertz CT molecular complexity index is 461. The highest BCUT2D eigenvalue weighted by Gasteiger charge is 2.60. The highest BCUT2D eigenvalue weighted by molar-refractivity contribution is 5.09. The van der Waals surface area contributed by atoms with Crippen LogP contribution < -0.4 is 0 Å². The topological polar surface area (TPSA) is 40.5 Å². The molecule has 4 fully saturated rings. The van der Waals surface area contributed by atoms with Gasteiger partial charge in [-0.1, -0.05) is 41.0 Å². The van der Waals surface area contributed by atoms with Gasteiger partial charge in [0.2, 0.25) is 0 Å². The molecule has 140 valence electrons. The van der Waals surface area contributed by atoms with Crippen molar-refractivity contribution in [1.82, 2.24) is 0 Å². The summed E-state index contributed by atoms with van der Waals surface area (Å²) in [5.41, 5.74) is 0.354. The van der Waals surface area contributed by atoms with Gasteiger partial charge in [-0.25, -0.2) is 0 Å². The number of hydrogen-bond donors (Lipinski definition) is 2. The van der Waals surface area contributed by atoms with E-state index < -0.39 is 0 Å². The fourth-order valence-electron chi connectivity index (χ4n) is 7.38. The molecule has 0 aliphatic heterocycles. The summed E-state index contributed by atoms with van der Waals surface area (Å²) in [4.78, 5) is 0. The lowest BCUT2D eigenvalue weighted by molar-refractivity contribution is -0.178. The van der Waals surface area contributed by atoms with E-state index in [1.807, 2.05) is 0 Å². The number of rotatable bonds is 3. The summed E-state index contributed by atoms with van der Waals surface area (Å²) in [5.74, 6) is 1.93. The quantitative estimate of drug-likeness (QED) is 0.746. The first-order chi connectivity index (χ1) is 11.2. The van der Waals surface area contributed by atoms with Crippen LogP contribution in [0.4, 0.5) is 0 Å². The molecule has 2 heteroatoms. The van der Waals surface area contributed by atoms with Gasteiger partial charge < -0.3 is 10.2 Å². The zero-order chi connectivity index (χ0) is 17.8. The molecule has 0 aromatic heterocycles. The Hall–Kier alpha value is -0.0800. The van der Waals surface area contributed by atoms with E-state index in [0.29, 0.717) is 11.8 Å².